The lowest BCUT2D eigenvalue weighted by Crippen LogP contribution is -2.15. The van der Waals surface area contributed by atoms with Crippen molar-refractivity contribution in [1.29, 1.82) is 0 Å². The van der Waals surface area contributed by atoms with Crippen LogP contribution in [-0.4, -0.2) is 24.7 Å². The summed E-state index contributed by atoms with van der Waals surface area (Å²) < 4.78 is 0. The van der Waals surface area contributed by atoms with Gasteiger partial charge in [0.2, 0.25) is 0 Å². The van der Waals surface area contributed by atoms with Crippen LogP contribution in [0.2, 0.25) is 5.02 Å². The monoisotopic (exact) mass is 211 g/mol. The van der Waals surface area contributed by atoms with E-state index in [1.165, 1.54) is 6.07 Å². The SMILES string of the molecule is CN1CCc2cc(Cl)cc(C(=O)O)c21. The largest absolute Gasteiger partial charge is 0.478 e. The number of nitrogens with zero attached hydrogens (tertiary/aromatic N) is 1. The maximum Gasteiger partial charge on any atom is 0.337 e. The molecule has 0 saturated heterocycles. The lowest BCUT2D eigenvalue weighted by Gasteiger charge is -2.14. The van der Waals surface area contributed by atoms with Crippen LogP contribution in [0.25, 0.3) is 0 Å². The second-order valence-electron chi connectivity index (χ2n) is 3.44. The number of carboxylic acids is 1. The summed E-state index contributed by atoms with van der Waals surface area (Å²) in [4.78, 5) is 12.9. The van der Waals surface area contributed by atoms with Crippen molar-refractivity contribution in [2.24, 2.45) is 0 Å². The van der Waals surface area contributed by atoms with E-state index in [9.17, 15) is 4.79 Å². The minimum Gasteiger partial charge on any atom is -0.478 e. The van der Waals surface area contributed by atoms with Crippen LogP contribution in [-0.2, 0) is 6.42 Å². The van der Waals surface area contributed by atoms with E-state index in [2.05, 4.69) is 0 Å². The maximum atomic E-state index is 11.0. The topological polar surface area (TPSA) is 40.5 Å². The smallest absolute Gasteiger partial charge is 0.337 e. The zero-order valence-electron chi connectivity index (χ0n) is 7.75. The Morgan fingerprint density at radius 1 is 1.57 bits per heavy atom. The van der Waals surface area contributed by atoms with E-state index in [0.717, 1.165) is 24.2 Å². The maximum absolute atomic E-state index is 11.0. The molecule has 0 aliphatic carbocycles. The Morgan fingerprint density at radius 3 is 2.93 bits per heavy atom. The molecule has 0 amide bonds. The fourth-order valence-electron chi connectivity index (χ4n) is 1.86. The first-order valence-electron chi connectivity index (χ1n) is 4.36. The van der Waals surface area contributed by atoms with E-state index in [1.54, 1.807) is 0 Å². The Labute approximate surface area is 86.9 Å². The highest BCUT2D eigenvalue weighted by Gasteiger charge is 2.23. The Balaban J connectivity index is 2.65. The fraction of sp³-hybridized carbons (Fsp3) is 0.300. The van der Waals surface area contributed by atoms with Gasteiger partial charge in [0.05, 0.1) is 11.3 Å². The van der Waals surface area contributed by atoms with Gasteiger partial charge in [-0.25, -0.2) is 4.79 Å². The molecule has 1 heterocycles. The summed E-state index contributed by atoms with van der Waals surface area (Å²) in [5.74, 6) is -0.919. The van der Waals surface area contributed by atoms with Gasteiger partial charge in [-0.05, 0) is 24.1 Å². The second-order valence-corrected chi connectivity index (χ2v) is 3.87. The highest BCUT2D eigenvalue weighted by Crippen LogP contribution is 2.33. The molecule has 0 unspecified atom stereocenters. The molecular weight excluding hydrogens is 202 g/mol. The Kier molecular flexibility index (Phi) is 2.11. The van der Waals surface area contributed by atoms with E-state index in [0.29, 0.717) is 10.6 Å². The molecule has 2 rings (SSSR count). The zero-order chi connectivity index (χ0) is 10.3. The van der Waals surface area contributed by atoms with Crippen LogP contribution in [0, 0.1) is 0 Å². The predicted octanol–water partition coefficient (Wildman–Crippen LogP) is 2.03. The number of halogens is 1. The van der Waals surface area contributed by atoms with Crippen molar-refractivity contribution < 1.29 is 9.90 Å². The summed E-state index contributed by atoms with van der Waals surface area (Å²) in [5.41, 5.74) is 2.13. The van der Waals surface area contributed by atoms with Crippen LogP contribution >= 0.6 is 11.6 Å². The number of carbonyl (C=O) groups is 1. The lowest BCUT2D eigenvalue weighted by atomic mass is 10.1. The van der Waals surface area contributed by atoms with Gasteiger partial charge in [-0.3, -0.25) is 0 Å². The molecule has 0 bridgehead atoms. The average Bonchev–Trinajstić information content (AvgIpc) is 2.46. The van der Waals surface area contributed by atoms with Crippen molar-refractivity contribution in [3.8, 4) is 0 Å². The molecule has 0 saturated carbocycles. The van der Waals surface area contributed by atoms with Crippen molar-refractivity contribution in [2.75, 3.05) is 18.5 Å². The van der Waals surface area contributed by atoms with Gasteiger partial charge in [-0.2, -0.15) is 0 Å². The fourth-order valence-corrected chi connectivity index (χ4v) is 2.10. The average molecular weight is 212 g/mol. The van der Waals surface area contributed by atoms with Gasteiger partial charge in [0.25, 0.3) is 0 Å². The number of hydrogen-bond acceptors (Lipinski definition) is 2. The highest BCUT2D eigenvalue weighted by molar-refractivity contribution is 6.31. The minimum absolute atomic E-state index is 0.299. The third-order valence-electron chi connectivity index (χ3n) is 2.48. The van der Waals surface area contributed by atoms with Crippen molar-refractivity contribution in [3.63, 3.8) is 0 Å². The molecule has 0 fully saturated rings. The molecule has 14 heavy (non-hydrogen) atoms. The van der Waals surface area contributed by atoms with Crippen LogP contribution in [0.4, 0.5) is 5.69 Å². The Hall–Kier alpha value is -1.22. The Morgan fingerprint density at radius 2 is 2.29 bits per heavy atom. The molecule has 0 radical (unpaired) electrons. The molecule has 1 aromatic carbocycles. The van der Waals surface area contributed by atoms with Gasteiger partial charge in [-0.1, -0.05) is 11.6 Å². The van der Waals surface area contributed by atoms with Crippen LogP contribution in [0.5, 0.6) is 0 Å². The van der Waals surface area contributed by atoms with Gasteiger partial charge in [0.15, 0.2) is 0 Å². The number of rotatable bonds is 1. The molecular formula is C10H10ClNO2. The van der Waals surface area contributed by atoms with Gasteiger partial charge in [-0.15, -0.1) is 0 Å². The van der Waals surface area contributed by atoms with Crippen molar-refractivity contribution in [3.05, 3.63) is 28.3 Å². The molecule has 4 heteroatoms. The van der Waals surface area contributed by atoms with Crippen LogP contribution in [0.15, 0.2) is 12.1 Å². The first-order chi connectivity index (χ1) is 6.59. The van der Waals surface area contributed by atoms with E-state index in [1.807, 2.05) is 18.0 Å². The molecule has 3 nitrogen and oxygen atoms in total. The summed E-state index contributed by atoms with van der Waals surface area (Å²) in [6, 6.07) is 3.34. The molecule has 1 N–H and O–H groups in total. The molecule has 0 aromatic heterocycles. The molecule has 74 valence electrons. The third-order valence-corrected chi connectivity index (χ3v) is 2.70. The second kappa shape index (κ2) is 3.17. The predicted molar refractivity (Wildman–Crippen MR) is 55.4 cm³/mol. The molecule has 0 atom stereocenters. The van der Waals surface area contributed by atoms with Gasteiger partial charge >= 0.3 is 5.97 Å². The summed E-state index contributed by atoms with van der Waals surface area (Å²) in [6.45, 7) is 0.857. The molecule has 1 aliphatic heterocycles. The number of hydrogen-bond donors (Lipinski definition) is 1. The van der Waals surface area contributed by atoms with Crippen LogP contribution in [0.3, 0.4) is 0 Å². The standard InChI is InChI=1S/C10H10ClNO2/c1-12-3-2-6-4-7(11)5-8(9(6)12)10(13)14/h4-5H,2-3H2,1H3,(H,13,14). The Bertz CT molecular complexity index is 403. The number of carboxylic acid groups (broad SMARTS) is 1. The summed E-state index contributed by atoms with van der Waals surface area (Å²) in [7, 11) is 1.90. The van der Waals surface area contributed by atoms with Crippen molar-refractivity contribution in [1.82, 2.24) is 0 Å². The summed E-state index contributed by atoms with van der Waals surface area (Å²) in [6.07, 6.45) is 0.868. The van der Waals surface area contributed by atoms with Gasteiger partial charge in [0, 0.05) is 18.6 Å². The number of benzene rings is 1. The molecule has 0 spiro atoms. The normalized spacial score (nSPS) is 14.3. The summed E-state index contributed by atoms with van der Waals surface area (Å²) >= 11 is 5.84. The lowest BCUT2D eigenvalue weighted by molar-refractivity contribution is 0.0697. The first kappa shape index (κ1) is 9.34. The van der Waals surface area contributed by atoms with Crippen molar-refractivity contribution in [2.45, 2.75) is 6.42 Å². The van der Waals surface area contributed by atoms with E-state index in [4.69, 9.17) is 16.7 Å². The number of fused-ring (bicyclic) bond motifs is 1. The number of anilines is 1. The van der Waals surface area contributed by atoms with E-state index in [-0.39, 0.29) is 0 Å². The first-order valence-corrected chi connectivity index (χ1v) is 4.74. The third kappa shape index (κ3) is 1.34. The molecule has 1 aromatic rings. The molecule has 1 aliphatic rings. The zero-order valence-corrected chi connectivity index (χ0v) is 8.51. The minimum atomic E-state index is -0.919. The summed E-state index contributed by atoms with van der Waals surface area (Å²) in [5, 5.41) is 9.50. The van der Waals surface area contributed by atoms with Crippen LogP contribution < -0.4 is 4.90 Å². The number of likely N-dealkylation sites (N-methyl/N-ethyl adjacent to an activating group) is 1. The number of aromatic carboxylic acids is 1. The van der Waals surface area contributed by atoms with E-state index < -0.39 is 5.97 Å². The van der Waals surface area contributed by atoms with Gasteiger partial charge in [0.1, 0.15) is 0 Å². The van der Waals surface area contributed by atoms with Crippen molar-refractivity contribution >= 4 is 23.3 Å². The van der Waals surface area contributed by atoms with Crippen LogP contribution in [0.1, 0.15) is 15.9 Å². The highest BCUT2D eigenvalue weighted by atomic mass is 35.5. The van der Waals surface area contributed by atoms with E-state index >= 15 is 0 Å². The van der Waals surface area contributed by atoms with Gasteiger partial charge < -0.3 is 10.0 Å². The quantitative estimate of drug-likeness (QED) is 0.773.